The lowest BCUT2D eigenvalue weighted by atomic mass is 9.91. The fourth-order valence-electron chi connectivity index (χ4n) is 4.71. The molecule has 2 amide bonds. The molecule has 0 spiro atoms. The van der Waals surface area contributed by atoms with Gasteiger partial charge >= 0.3 is 0 Å². The minimum atomic E-state index is -0.599. The molecule has 0 bridgehead atoms. The first-order valence-corrected chi connectivity index (χ1v) is 11.3. The number of halogens is 1. The number of hydrogen-bond acceptors (Lipinski definition) is 4. The van der Waals surface area contributed by atoms with E-state index >= 15 is 0 Å². The molecule has 2 atom stereocenters. The SMILES string of the molecule is CCCOc1ccc(C2=C(N3CC(C)CC(C)C3)C(=O)N(c3ccccc3F)C2=O)cc1. The van der Waals surface area contributed by atoms with Gasteiger partial charge in [-0.1, -0.05) is 45.0 Å². The Morgan fingerprint density at radius 3 is 2.25 bits per heavy atom. The number of nitrogens with zero attached hydrogens (tertiary/aromatic N) is 2. The number of rotatable bonds is 6. The van der Waals surface area contributed by atoms with Crippen LogP contribution in [0, 0.1) is 17.7 Å². The van der Waals surface area contributed by atoms with Gasteiger partial charge in [-0.25, -0.2) is 9.29 Å². The molecular formula is C26H29FN2O3. The molecule has 0 saturated carbocycles. The average molecular weight is 437 g/mol. The summed E-state index contributed by atoms with van der Waals surface area (Å²) >= 11 is 0. The molecule has 168 valence electrons. The van der Waals surface area contributed by atoms with Crippen LogP contribution in [-0.2, 0) is 9.59 Å². The molecule has 0 aliphatic carbocycles. The molecule has 5 nitrogen and oxygen atoms in total. The van der Waals surface area contributed by atoms with Crippen LogP contribution < -0.4 is 9.64 Å². The minimum Gasteiger partial charge on any atom is -0.494 e. The molecule has 32 heavy (non-hydrogen) atoms. The summed E-state index contributed by atoms with van der Waals surface area (Å²) in [5, 5.41) is 0. The van der Waals surface area contributed by atoms with E-state index in [9.17, 15) is 14.0 Å². The number of amides is 2. The van der Waals surface area contributed by atoms with E-state index in [2.05, 4.69) is 13.8 Å². The topological polar surface area (TPSA) is 49.9 Å². The third-order valence-corrected chi connectivity index (χ3v) is 5.95. The summed E-state index contributed by atoms with van der Waals surface area (Å²) in [5.41, 5.74) is 1.29. The maximum absolute atomic E-state index is 14.6. The molecule has 4 rings (SSSR count). The van der Waals surface area contributed by atoms with Crippen molar-refractivity contribution in [3.63, 3.8) is 0 Å². The van der Waals surface area contributed by atoms with Gasteiger partial charge in [0.25, 0.3) is 11.8 Å². The number of likely N-dealkylation sites (tertiary alicyclic amines) is 1. The van der Waals surface area contributed by atoms with E-state index in [-0.39, 0.29) is 5.69 Å². The van der Waals surface area contributed by atoms with Crippen LogP contribution in [0.1, 0.15) is 39.2 Å². The number of ether oxygens (including phenoxy) is 1. The Hall–Kier alpha value is -3.15. The third kappa shape index (κ3) is 4.14. The van der Waals surface area contributed by atoms with E-state index in [1.54, 1.807) is 36.4 Å². The number of carbonyl (C=O) groups is 2. The van der Waals surface area contributed by atoms with Gasteiger partial charge in [-0.05, 0) is 54.5 Å². The monoisotopic (exact) mass is 436 g/mol. The number of piperidine rings is 1. The Morgan fingerprint density at radius 2 is 1.62 bits per heavy atom. The maximum atomic E-state index is 14.6. The van der Waals surface area contributed by atoms with E-state index < -0.39 is 17.6 Å². The molecule has 1 fully saturated rings. The molecule has 2 heterocycles. The van der Waals surface area contributed by atoms with Gasteiger partial charge in [-0.2, -0.15) is 0 Å². The molecule has 0 radical (unpaired) electrons. The van der Waals surface area contributed by atoms with E-state index in [0.717, 1.165) is 17.7 Å². The van der Waals surface area contributed by atoms with Crippen molar-refractivity contribution in [1.29, 1.82) is 0 Å². The van der Waals surface area contributed by atoms with Gasteiger partial charge in [0.05, 0.1) is 17.9 Å². The zero-order valence-corrected chi connectivity index (χ0v) is 18.8. The van der Waals surface area contributed by atoms with Gasteiger partial charge in [-0.15, -0.1) is 0 Å². The lowest BCUT2D eigenvalue weighted by Gasteiger charge is -2.37. The molecule has 2 aromatic rings. The summed E-state index contributed by atoms with van der Waals surface area (Å²) in [6.45, 7) is 8.31. The number of para-hydroxylation sites is 1. The number of carbonyl (C=O) groups excluding carboxylic acids is 2. The van der Waals surface area contributed by atoms with E-state index in [4.69, 9.17) is 4.74 Å². The maximum Gasteiger partial charge on any atom is 0.282 e. The molecule has 2 aliphatic rings. The van der Waals surface area contributed by atoms with Crippen molar-refractivity contribution >= 4 is 23.1 Å². The highest BCUT2D eigenvalue weighted by Crippen LogP contribution is 2.38. The highest BCUT2D eigenvalue weighted by molar-refractivity contribution is 6.45. The molecule has 1 saturated heterocycles. The van der Waals surface area contributed by atoms with Crippen LogP contribution in [0.15, 0.2) is 54.2 Å². The minimum absolute atomic E-state index is 0.0176. The van der Waals surface area contributed by atoms with Crippen molar-refractivity contribution in [2.75, 3.05) is 24.6 Å². The average Bonchev–Trinajstić information content (AvgIpc) is 3.02. The number of anilines is 1. The fourth-order valence-corrected chi connectivity index (χ4v) is 4.71. The second kappa shape index (κ2) is 9.15. The Kier molecular flexibility index (Phi) is 6.31. The summed E-state index contributed by atoms with van der Waals surface area (Å²) in [5.74, 6) is -0.0735. The van der Waals surface area contributed by atoms with Crippen LogP contribution in [0.25, 0.3) is 5.57 Å². The summed E-state index contributed by atoms with van der Waals surface area (Å²) in [6, 6.07) is 13.1. The van der Waals surface area contributed by atoms with Crippen molar-refractivity contribution in [2.24, 2.45) is 11.8 Å². The van der Waals surface area contributed by atoms with E-state index in [1.807, 2.05) is 11.8 Å². The number of imide groups is 1. The van der Waals surface area contributed by atoms with Gasteiger partial charge in [-0.3, -0.25) is 9.59 Å². The summed E-state index contributed by atoms with van der Waals surface area (Å²) in [7, 11) is 0. The molecule has 2 aromatic carbocycles. The second-order valence-electron chi connectivity index (χ2n) is 8.84. The smallest absolute Gasteiger partial charge is 0.282 e. The van der Waals surface area contributed by atoms with Crippen molar-refractivity contribution in [3.05, 3.63) is 65.6 Å². The quantitative estimate of drug-likeness (QED) is 0.606. The Balaban J connectivity index is 1.79. The third-order valence-electron chi connectivity index (χ3n) is 5.95. The van der Waals surface area contributed by atoms with Crippen LogP contribution in [0.4, 0.5) is 10.1 Å². The van der Waals surface area contributed by atoms with Crippen molar-refractivity contribution < 1.29 is 18.7 Å². The van der Waals surface area contributed by atoms with Gasteiger partial charge in [0.1, 0.15) is 17.3 Å². The summed E-state index contributed by atoms with van der Waals surface area (Å²) in [6.07, 6.45) is 1.97. The normalized spacial score (nSPS) is 21.5. The fraction of sp³-hybridized carbons (Fsp3) is 0.385. The van der Waals surface area contributed by atoms with Crippen LogP contribution in [0.2, 0.25) is 0 Å². The van der Waals surface area contributed by atoms with E-state index in [1.165, 1.54) is 12.1 Å². The highest BCUT2D eigenvalue weighted by atomic mass is 19.1. The summed E-state index contributed by atoms with van der Waals surface area (Å²) < 4.78 is 20.2. The predicted octanol–water partition coefficient (Wildman–Crippen LogP) is 4.88. The van der Waals surface area contributed by atoms with Gasteiger partial charge in [0, 0.05) is 13.1 Å². The van der Waals surface area contributed by atoms with Crippen LogP contribution >= 0.6 is 0 Å². The zero-order chi connectivity index (χ0) is 22.8. The van der Waals surface area contributed by atoms with E-state index in [0.29, 0.717) is 54.1 Å². The van der Waals surface area contributed by atoms with Crippen LogP contribution in [0.3, 0.4) is 0 Å². The molecular weight excluding hydrogens is 407 g/mol. The first-order valence-electron chi connectivity index (χ1n) is 11.3. The Labute approximate surface area is 188 Å². The first-order chi connectivity index (χ1) is 15.4. The highest BCUT2D eigenvalue weighted by Gasteiger charge is 2.44. The van der Waals surface area contributed by atoms with Crippen LogP contribution in [0.5, 0.6) is 5.75 Å². The number of hydrogen-bond donors (Lipinski definition) is 0. The molecule has 2 unspecified atom stereocenters. The van der Waals surface area contributed by atoms with Crippen molar-refractivity contribution in [3.8, 4) is 5.75 Å². The Bertz CT molecular complexity index is 1040. The van der Waals surface area contributed by atoms with Crippen LogP contribution in [-0.4, -0.2) is 36.4 Å². The lowest BCUT2D eigenvalue weighted by molar-refractivity contribution is -0.121. The molecule has 6 heteroatoms. The lowest BCUT2D eigenvalue weighted by Crippen LogP contribution is -2.42. The predicted molar refractivity (Wildman–Crippen MR) is 123 cm³/mol. The molecule has 0 N–H and O–H groups in total. The van der Waals surface area contributed by atoms with Gasteiger partial charge in [0.15, 0.2) is 0 Å². The standard InChI is InChI=1S/C26H29FN2O3/c1-4-13-32-20-11-9-19(10-12-20)23-24(28-15-17(2)14-18(3)16-28)26(31)29(25(23)30)22-8-6-5-7-21(22)27/h5-12,17-18H,4,13-16H2,1-3H3. The Morgan fingerprint density at radius 1 is 0.969 bits per heavy atom. The first kappa shape index (κ1) is 22.1. The largest absolute Gasteiger partial charge is 0.494 e. The van der Waals surface area contributed by atoms with Crippen molar-refractivity contribution in [2.45, 2.75) is 33.6 Å². The van der Waals surface area contributed by atoms with Crippen molar-refractivity contribution in [1.82, 2.24) is 4.90 Å². The number of benzene rings is 2. The second-order valence-corrected chi connectivity index (χ2v) is 8.84. The van der Waals surface area contributed by atoms with Gasteiger partial charge in [0.2, 0.25) is 0 Å². The zero-order valence-electron chi connectivity index (χ0n) is 18.8. The summed E-state index contributed by atoms with van der Waals surface area (Å²) in [4.78, 5) is 30.1. The van der Waals surface area contributed by atoms with Gasteiger partial charge < -0.3 is 9.64 Å². The molecule has 0 aromatic heterocycles. The molecule has 2 aliphatic heterocycles.